The molecule has 0 radical (unpaired) electrons. The Hall–Kier alpha value is -2.40. The smallest absolute Gasteiger partial charge is 0.264 e. The Labute approximate surface area is 182 Å². The highest BCUT2D eigenvalue weighted by Gasteiger charge is 2.32. The monoisotopic (exact) mass is 466 g/mol. The van der Waals surface area contributed by atoms with Crippen molar-refractivity contribution in [1.82, 2.24) is 9.21 Å². The Morgan fingerprint density at radius 2 is 1.81 bits per heavy atom. The summed E-state index contributed by atoms with van der Waals surface area (Å²) >= 11 is 1.20. The van der Waals surface area contributed by atoms with Gasteiger partial charge in [0.2, 0.25) is 10.0 Å². The first-order valence-electron chi connectivity index (χ1n) is 9.56. The topological polar surface area (TPSA) is 66.9 Å². The van der Waals surface area contributed by atoms with E-state index in [0.29, 0.717) is 20.5 Å². The molecule has 0 atom stereocenters. The van der Waals surface area contributed by atoms with Crippen molar-refractivity contribution in [2.75, 3.05) is 33.3 Å². The molecule has 1 aliphatic rings. The van der Waals surface area contributed by atoms with Gasteiger partial charge in [-0.25, -0.2) is 17.2 Å². The van der Waals surface area contributed by atoms with E-state index >= 15 is 0 Å². The molecule has 164 valence electrons. The average molecular weight is 467 g/mol. The third-order valence-electron chi connectivity index (χ3n) is 5.21. The molecule has 1 amide bonds. The summed E-state index contributed by atoms with van der Waals surface area (Å²) in [6.45, 7) is 0.621. The zero-order chi connectivity index (χ0) is 22.2. The van der Waals surface area contributed by atoms with Gasteiger partial charge in [0.05, 0.1) is 16.4 Å². The molecule has 0 N–H and O–H groups in total. The van der Waals surface area contributed by atoms with E-state index in [-0.39, 0.29) is 43.6 Å². The van der Waals surface area contributed by atoms with Gasteiger partial charge in [0.1, 0.15) is 11.6 Å². The molecule has 1 saturated heterocycles. The largest absolute Gasteiger partial charge is 0.380 e. The van der Waals surface area contributed by atoms with Gasteiger partial charge < -0.3 is 9.64 Å². The van der Waals surface area contributed by atoms with E-state index in [1.165, 1.54) is 47.0 Å². The number of methoxy groups -OCH3 is 1. The summed E-state index contributed by atoms with van der Waals surface area (Å²) in [5.74, 6) is -1.32. The molecular weight excluding hydrogens is 446 g/mol. The van der Waals surface area contributed by atoms with Crippen LogP contribution in [0.2, 0.25) is 0 Å². The van der Waals surface area contributed by atoms with Crippen molar-refractivity contribution in [2.45, 2.75) is 11.5 Å². The number of ether oxygens (including phenoxy) is 1. The first-order chi connectivity index (χ1) is 14.8. The number of rotatable bonds is 5. The van der Waals surface area contributed by atoms with Crippen LogP contribution < -0.4 is 0 Å². The van der Waals surface area contributed by atoms with E-state index in [1.807, 2.05) is 0 Å². The molecule has 0 spiro atoms. The van der Waals surface area contributed by atoms with E-state index in [2.05, 4.69) is 0 Å². The number of amides is 1. The highest BCUT2D eigenvalue weighted by atomic mass is 32.2. The van der Waals surface area contributed by atoms with Crippen LogP contribution >= 0.6 is 11.3 Å². The highest BCUT2D eigenvalue weighted by molar-refractivity contribution is 7.89. The molecule has 6 nitrogen and oxygen atoms in total. The fraction of sp³-hybridized carbons (Fsp3) is 0.286. The van der Waals surface area contributed by atoms with Crippen molar-refractivity contribution in [3.63, 3.8) is 0 Å². The Kier molecular flexibility index (Phi) is 6.07. The lowest BCUT2D eigenvalue weighted by Gasteiger charge is -2.34. The molecule has 0 bridgehead atoms. The van der Waals surface area contributed by atoms with Crippen LogP contribution in [0.25, 0.3) is 10.1 Å². The fourth-order valence-electron chi connectivity index (χ4n) is 3.67. The molecule has 0 aliphatic carbocycles. The predicted octanol–water partition coefficient (Wildman–Crippen LogP) is 3.47. The van der Waals surface area contributed by atoms with Gasteiger partial charge in [-0.3, -0.25) is 4.79 Å². The summed E-state index contributed by atoms with van der Waals surface area (Å²) in [6.07, 6.45) is 0. The summed E-state index contributed by atoms with van der Waals surface area (Å²) in [4.78, 5) is 15.0. The van der Waals surface area contributed by atoms with Crippen LogP contribution in [-0.2, 0) is 21.4 Å². The predicted molar refractivity (Wildman–Crippen MR) is 114 cm³/mol. The Morgan fingerprint density at radius 1 is 1.10 bits per heavy atom. The maximum Gasteiger partial charge on any atom is 0.264 e. The molecule has 2 aromatic carbocycles. The Morgan fingerprint density at radius 3 is 2.48 bits per heavy atom. The fourth-order valence-corrected chi connectivity index (χ4v) is 6.32. The van der Waals surface area contributed by atoms with E-state index < -0.39 is 21.7 Å². The Bertz CT molecular complexity index is 1240. The van der Waals surface area contributed by atoms with E-state index in [4.69, 9.17) is 4.74 Å². The lowest BCUT2D eigenvalue weighted by molar-refractivity contribution is 0.0699. The minimum absolute atomic E-state index is 0.0868. The lowest BCUT2D eigenvalue weighted by atomic mass is 10.1. The van der Waals surface area contributed by atoms with Crippen LogP contribution in [0.15, 0.2) is 47.4 Å². The molecule has 2 heterocycles. The minimum atomic E-state index is -3.85. The second-order valence-corrected chi connectivity index (χ2v) is 10.1. The van der Waals surface area contributed by atoms with E-state index in [1.54, 1.807) is 17.0 Å². The van der Waals surface area contributed by atoms with Gasteiger partial charge in [-0.05, 0) is 30.3 Å². The van der Waals surface area contributed by atoms with Gasteiger partial charge in [-0.1, -0.05) is 12.1 Å². The quantitative estimate of drug-likeness (QED) is 0.578. The van der Waals surface area contributed by atoms with Crippen molar-refractivity contribution in [3.8, 4) is 0 Å². The normalized spacial score (nSPS) is 15.5. The molecule has 31 heavy (non-hydrogen) atoms. The van der Waals surface area contributed by atoms with Crippen LogP contribution in [0, 0.1) is 11.6 Å². The molecule has 1 fully saturated rings. The van der Waals surface area contributed by atoms with Gasteiger partial charge in [-0.15, -0.1) is 11.3 Å². The summed E-state index contributed by atoms with van der Waals surface area (Å²) in [5.41, 5.74) is 0.500. The standard InChI is InChI=1S/C21H20F2N2O4S2/c1-29-13-16-19-17(23)6-3-7-18(19)30-20(16)21(26)24-8-10-25(11-9-24)31(27,28)15-5-2-4-14(22)12-15/h2-7,12H,8-11,13H2,1H3. The van der Waals surface area contributed by atoms with E-state index in [0.717, 1.165) is 6.07 Å². The SMILES string of the molecule is COCc1c(C(=O)N2CCN(S(=O)(=O)c3cccc(F)c3)CC2)sc2cccc(F)c12. The second-order valence-electron chi connectivity index (χ2n) is 7.11. The number of carbonyl (C=O) groups is 1. The summed E-state index contributed by atoms with van der Waals surface area (Å²) < 4.78 is 60.5. The molecule has 0 saturated carbocycles. The second kappa shape index (κ2) is 8.62. The van der Waals surface area contributed by atoms with Gasteiger partial charge in [0.15, 0.2) is 0 Å². The zero-order valence-electron chi connectivity index (χ0n) is 16.7. The molecule has 0 unspecified atom stereocenters. The third kappa shape index (κ3) is 4.08. The average Bonchev–Trinajstić information content (AvgIpc) is 3.13. The van der Waals surface area contributed by atoms with Crippen molar-refractivity contribution in [3.05, 3.63) is 64.5 Å². The van der Waals surface area contributed by atoms with Gasteiger partial charge in [0.25, 0.3) is 5.91 Å². The number of piperazine rings is 1. The number of thiophene rings is 1. The number of benzene rings is 2. The lowest BCUT2D eigenvalue weighted by Crippen LogP contribution is -2.50. The van der Waals surface area contributed by atoms with Crippen molar-refractivity contribution >= 4 is 37.4 Å². The van der Waals surface area contributed by atoms with Gasteiger partial charge in [0, 0.05) is 48.9 Å². The number of sulfonamides is 1. The minimum Gasteiger partial charge on any atom is -0.380 e. The maximum atomic E-state index is 14.4. The summed E-state index contributed by atoms with van der Waals surface area (Å²) in [7, 11) is -2.37. The first-order valence-corrected chi connectivity index (χ1v) is 11.8. The number of carbonyl (C=O) groups excluding carboxylic acids is 1. The number of hydrogen-bond acceptors (Lipinski definition) is 5. The summed E-state index contributed by atoms with van der Waals surface area (Å²) in [5, 5.41) is 0.380. The van der Waals surface area contributed by atoms with Crippen molar-refractivity contribution in [1.29, 1.82) is 0 Å². The third-order valence-corrected chi connectivity index (χ3v) is 8.29. The number of hydrogen-bond donors (Lipinski definition) is 0. The van der Waals surface area contributed by atoms with Crippen LogP contribution in [0.1, 0.15) is 15.2 Å². The molecule has 1 aliphatic heterocycles. The molecule has 10 heteroatoms. The highest BCUT2D eigenvalue weighted by Crippen LogP contribution is 2.35. The molecule has 3 aromatic rings. The summed E-state index contributed by atoms with van der Waals surface area (Å²) in [6, 6.07) is 9.55. The molecule has 1 aromatic heterocycles. The van der Waals surface area contributed by atoms with Gasteiger partial charge >= 0.3 is 0 Å². The van der Waals surface area contributed by atoms with Crippen LogP contribution in [-0.4, -0.2) is 56.8 Å². The van der Waals surface area contributed by atoms with Crippen molar-refractivity contribution in [2.24, 2.45) is 0 Å². The van der Waals surface area contributed by atoms with E-state index in [9.17, 15) is 22.0 Å². The van der Waals surface area contributed by atoms with Gasteiger partial charge in [-0.2, -0.15) is 4.31 Å². The van der Waals surface area contributed by atoms with Crippen LogP contribution in [0.4, 0.5) is 8.78 Å². The van der Waals surface area contributed by atoms with Crippen LogP contribution in [0.3, 0.4) is 0 Å². The maximum absolute atomic E-state index is 14.4. The molecule has 4 rings (SSSR count). The number of nitrogens with zero attached hydrogens (tertiary/aromatic N) is 2. The molecular formula is C21H20F2N2O4S2. The van der Waals surface area contributed by atoms with Crippen LogP contribution in [0.5, 0.6) is 0 Å². The number of halogens is 2. The first kappa shape index (κ1) is 21.8. The Balaban J connectivity index is 1.55. The number of fused-ring (bicyclic) bond motifs is 1. The van der Waals surface area contributed by atoms with Crippen molar-refractivity contribution < 1.29 is 26.7 Å². The zero-order valence-corrected chi connectivity index (χ0v) is 18.3.